The normalized spacial score (nSPS) is 14.2. The van der Waals surface area contributed by atoms with Crippen molar-refractivity contribution in [2.75, 3.05) is 11.4 Å². The Balaban J connectivity index is 1.20. The average molecular weight is 708 g/mol. The van der Waals surface area contributed by atoms with Crippen molar-refractivity contribution >= 4 is 35.0 Å². The molecule has 3 heteroatoms. The van der Waals surface area contributed by atoms with E-state index in [1.807, 2.05) is 12.3 Å². The molecule has 2 aliphatic rings. The summed E-state index contributed by atoms with van der Waals surface area (Å²) in [7, 11) is 0. The van der Waals surface area contributed by atoms with Crippen LogP contribution < -0.4 is 10.6 Å². The summed E-state index contributed by atoms with van der Waals surface area (Å²) in [4.78, 5) is 7.60. The zero-order chi connectivity index (χ0) is 37.0. The zero-order valence-electron chi connectivity index (χ0n) is 30.6. The molecule has 3 nitrogen and oxygen atoms in total. The molecule has 7 aromatic carbocycles. The Morgan fingerprint density at radius 2 is 1.20 bits per heavy atom. The Morgan fingerprint density at radius 3 is 1.87 bits per heavy atom. The molecule has 2 N–H and O–H groups in total. The van der Waals surface area contributed by atoms with E-state index >= 15 is 0 Å². The van der Waals surface area contributed by atoms with Crippen LogP contribution in [0.15, 0.2) is 211 Å². The Hall–Kier alpha value is -6.81. The number of anilines is 3. The topological polar surface area (TPSA) is 41.6 Å². The molecule has 0 radical (unpaired) electrons. The fourth-order valence-electron chi connectivity index (χ4n) is 8.28. The maximum absolute atomic E-state index is 6.14. The molecule has 9 rings (SSSR count). The summed E-state index contributed by atoms with van der Waals surface area (Å²) in [6.45, 7) is 0.460. The molecule has 55 heavy (non-hydrogen) atoms. The van der Waals surface area contributed by atoms with E-state index in [1.165, 1.54) is 44.5 Å². The molecule has 0 unspecified atom stereocenters. The largest absolute Gasteiger partial charge is 0.327 e. The lowest BCUT2D eigenvalue weighted by Gasteiger charge is -2.45. The van der Waals surface area contributed by atoms with Crippen molar-refractivity contribution in [1.82, 2.24) is 0 Å². The summed E-state index contributed by atoms with van der Waals surface area (Å²) in [5, 5.41) is 0. The third kappa shape index (κ3) is 6.25. The number of rotatable bonds is 9. The van der Waals surface area contributed by atoms with Crippen LogP contribution in [0, 0.1) is 0 Å². The first kappa shape index (κ1) is 34.0. The molecule has 1 aliphatic carbocycles. The Bertz CT molecular complexity index is 2530. The Kier molecular flexibility index (Phi) is 9.21. The number of allylic oxidation sites excluding steroid dienone is 3. The molecule has 0 aromatic heterocycles. The number of aliphatic imine (C=N–C) groups is 1. The van der Waals surface area contributed by atoms with Gasteiger partial charge < -0.3 is 10.6 Å². The molecule has 0 saturated carbocycles. The average Bonchev–Trinajstić information content (AvgIpc) is 3.57. The minimum Gasteiger partial charge on any atom is -0.327 e. The maximum atomic E-state index is 6.14. The Morgan fingerprint density at radius 1 is 0.600 bits per heavy atom. The smallest absolute Gasteiger partial charge is 0.0748 e. The fraction of sp³-hybridized carbons (Fsp3) is 0.0577. The van der Waals surface area contributed by atoms with E-state index in [9.17, 15) is 0 Å². The van der Waals surface area contributed by atoms with Crippen molar-refractivity contribution in [3.63, 3.8) is 0 Å². The van der Waals surface area contributed by atoms with Gasteiger partial charge in [0.05, 0.1) is 22.5 Å². The van der Waals surface area contributed by atoms with Gasteiger partial charge in [0.2, 0.25) is 0 Å². The van der Waals surface area contributed by atoms with Crippen LogP contribution in [0.2, 0.25) is 0 Å². The lowest BCUT2D eigenvalue weighted by Crippen LogP contribution is -2.36. The van der Waals surface area contributed by atoms with E-state index in [0.29, 0.717) is 6.54 Å². The highest BCUT2D eigenvalue weighted by Gasteiger charge is 2.50. The van der Waals surface area contributed by atoms with Gasteiger partial charge in [0.25, 0.3) is 0 Å². The van der Waals surface area contributed by atoms with Gasteiger partial charge in [-0.2, -0.15) is 0 Å². The SMILES string of the molecule is NC/C=C\C1=Cc2ccc(C(=C/Cc3ccc(-c4ccccc4)cc3)/N=C/c3ccccc3)cc2C12c1ccccc1N(c1ccccc1)c1ccccc12. The van der Waals surface area contributed by atoms with E-state index in [1.54, 1.807) is 0 Å². The van der Waals surface area contributed by atoms with Crippen molar-refractivity contribution in [1.29, 1.82) is 0 Å². The van der Waals surface area contributed by atoms with Crippen LogP contribution in [-0.2, 0) is 11.8 Å². The summed E-state index contributed by atoms with van der Waals surface area (Å²) < 4.78 is 0. The lowest BCUT2D eigenvalue weighted by atomic mass is 9.63. The molecule has 0 fully saturated rings. The number of nitrogens with zero attached hydrogens (tertiary/aromatic N) is 2. The van der Waals surface area contributed by atoms with Gasteiger partial charge in [-0.1, -0.05) is 170 Å². The van der Waals surface area contributed by atoms with Crippen molar-refractivity contribution in [3.05, 3.63) is 245 Å². The first-order valence-electron chi connectivity index (χ1n) is 19.0. The van der Waals surface area contributed by atoms with E-state index in [0.717, 1.165) is 40.3 Å². The molecule has 7 aromatic rings. The first-order valence-corrected chi connectivity index (χ1v) is 19.0. The molecule has 0 bridgehead atoms. The molecule has 0 amide bonds. The van der Waals surface area contributed by atoms with Crippen LogP contribution in [0.5, 0.6) is 0 Å². The lowest BCUT2D eigenvalue weighted by molar-refractivity contribution is 0.746. The van der Waals surface area contributed by atoms with Crippen molar-refractivity contribution in [3.8, 4) is 11.1 Å². The monoisotopic (exact) mass is 707 g/mol. The van der Waals surface area contributed by atoms with Crippen LogP contribution in [0.3, 0.4) is 0 Å². The summed E-state index contributed by atoms with van der Waals surface area (Å²) in [5.41, 5.74) is 21.9. The van der Waals surface area contributed by atoms with Gasteiger partial charge in [-0.05, 0) is 92.9 Å². The number of fused-ring (bicyclic) bond motifs is 6. The highest BCUT2D eigenvalue weighted by Crippen LogP contribution is 2.61. The molecule has 1 heterocycles. The van der Waals surface area contributed by atoms with Gasteiger partial charge in [0.1, 0.15) is 0 Å². The third-order valence-corrected chi connectivity index (χ3v) is 10.8. The predicted molar refractivity (Wildman–Crippen MR) is 231 cm³/mol. The minimum absolute atomic E-state index is 0.460. The van der Waals surface area contributed by atoms with Gasteiger partial charge in [-0.15, -0.1) is 0 Å². The third-order valence-electron chi connectivity index (χ3n) is 10.8. The molecular formula is C52H41N3. The number of hydrogen-bond acceptors (Lipinski definition) is 3. The molecule has 1 spiro atoms. The number of para-hydroxylation sites is 3. The summed E-state index contributed by atoms with van der Waals surface area (Å²) in [6, 6.07) is 65.0. The second-order valence-corrected chi connectivity index (χ2v) is 14.0. The van der Waals surface area contributed by atoms with Gasteiger partial charge in [-0.25, -0.2) is 0 Å². The van der Waals surface area contributed by atoms with Gasteiger partial charge in [0.15, 0.2) is 0 Å². The predicted octanol–water partition coefficient (Wildman–Crippen LogP) is 12.1. The van der Waals surface area contributed by atoms with Crippen LogP contribution in [0.25, 0.3) is 22.9 Å². The molecule has 1 aliphatic heterocycles. The summed E-state index contributed by atoms with van der Waals surface area (Å²) in [6.07, 6.45) is 11.6. The van der Waals surface area contributed by atoms with Crippen LogP contribution in [-0.4, -0.2) is 12.8 Å². The van der Waals surface area contributed by atoms with Gasteiger partial charge in [0, 0.05) is 24.0 Å². The second-order valence-electron chi connectivity index (χ2n) is 14.0. The maximum Gasteiger partial charge on any atom is 0.0748 e. The standard InChI is InChI=1S/C52H41N3/c53-34-14-19-44-35-42-31-32-43(49(54-37-39-15-4-1-5-16-39)33-28-38-26-29-41(30-27-38)40-17-6-2-7-18-40)36-48(42)52(44)46-22-10-12-24-50(46)55(45-20-8-3-9-21-45)51-25-13-11-23-47(51)52/h1-27,29-33,35-37H,28,34,53H2/b19-14-,49-33-,54-37+. The molecule has 0 atom stereocenters. The van der Waals surface area contributed by atoms with Crippen LogP contribution >= 0.6 is 0 Å². The van der Waals surface area contributed by atoms with Crippen LogP contribution in [0.1, 0.15) is 38.9 Å². The number of nitrogens with two attached hydrogens (primary N) is 1. The summed E-state index contributed by atoms with van der Waals surface area (Å²) >= 11 is 0. The zero-order valence-corrected chi connectivity index (χ0v) is 30.6. The second kappa shape index (κ2) is 14.9. The number of benzene rings is 7. The first-order chi connectivity index (χ1) is 27.2. The van der Waals surface area contributed by atoms with E-state index in [2.05, 4.69) is 205 Å². The van der Waals surface area contributed by atoms with E-state index < -0.39 is 5.41 Å². The van der Waals surface area contributed by atoms with Gasteiger partial charge in [-0.3, -0.25) is 4.99 Å². The Labute approximate surface area is 323 Å². The minimum atomic E-state index is -0.572. The van der Waals surface area contributed by atoms with Crippen molar-refractivity contribution < 1.29 is 0 Å². The van der Waals surface area contributed by atoms with Crippen molar-refractivity contribution in [2.24, 2.45) is 10.7 Å². The molecule has 264 valence electrons. The highest BCUT2D eigenvalue weighted by molar-refractivity contribution is 5.94. The highest BCUT2D eigenvalue weighted by atomic mass is 15.2. The fourth-order valence-corrected chi connectivity index (χ4v) is 8.28. The van der Waals surface area contributed by atoms with Gasteiger partial charge >= 0.3 is 0 Å². The molecule has 0 saturated heterocycles. The molecular weight excluding hydrogens is 667 g/mol. The van der Waals surface area contributed by atoms with E-state index in [-0.39, 0.29) is 0 Å². The van der Waals surface area contributed by atoms with Crippen LogP contribution in [0.4, 0.5) is 17.1 Å². The van der Waals surface area contributed by atoms with E-state index in [4.69, 9.17) is 10.7 Å². The quantitative estimate of drug-likeness (QED) is 0.152. The number of hydrogen-bond donors (Lipinski definition) is 1. The summed E-state index contributed by atoms with van der Waals surface area (Å²) in [5.74, 6) is 0. The van der Waals surface area contributed by atoms with Crippen molar-refractivity contribution in [2.45, 2.75) is 11.8 Å².